The van der Waals surface area contributed by atoms with Crippen LogP contribution < -0.4 is 20.3 Å². The number of halogens is 1. The molecule has 0 heterocycles. The number of ether oxygens (including phenoxy) is 2. The maximum atomic E-state index is 11.9. The smallest absolute Gasteiger partial charge is 0.262 e. The molecule has 6 nitrogen and oxygen atoms in total. The molecule has 0 atom stereocenters. The van der Waals surface area contributed by atoms with Crippen LogP contribution in [0.2, 0.25) is 5.02 Å². The van der Waals surface area contributed by atoms with Crippen molar-refractivity contribution in [3.8, 4) is 11.5 Å². The molecular weight excluding hydrogens is 368 g/mol. The van der Waals surface area contributed by atoms with Crippen molar-refractivity contribution >= 4 is 29.5 Å². The molecule has 2 aromatic carbocycles. The number of hydrogen-bond donors (Lipinski definition) is 2. The van der Waals surface area contributed by atoms with Crippen LogP contribution in [0.25, 0.3) is 6.08 Å². The van der Waals surface area contributed by atoms with Crippen LogP contribution in [-0.2, 0) is 16.0 Å². The van der Waals surface area contributed by atoms with Gasteiger partial charge in [0, 0.05) is 6.08 Å². The minimum absolute atomic E-state index is 0.177. The number of benzene rings is 2. The third-order valence-electron chi connectivity index (χ3n) is 3.50. The molecule has 2 N–H and O–H groups in total. The van der Waals surface area contributed by atoms with E-state index >= 15 is 0 Å². The maximum absolute atomic E-state index is 11.9. The van der Waals surface area contributed by atoms with Crippen LogP contribution in [0, 0.1) is 0 Å². The summed E-state index contributed by atoms with van der Waals surface area (Å²) < 4.78 is 10.7. The molecule has 0 bridgehead atoms. The van der Waals surface area contributed by atoms with Crippen LogP contribution in [0.1, 0.15) is 18.1 Å². The van der Waals surface area contributed by atoms with Gasteiger partial charge in [0.1, 0.15) is 0 Å². The van der Waals surface area contributed by atoms with Crippen LogP contribution in [0.3, 0.4) is 0 Å². The number of hydrazine groups is 1. The summed E-state index contributed by atoms with van der Waals surface area (Å²) in [7, 11) is 1.50. The van der Waals surface area contributed by atoms with E-state index in [1.165, 1.54) is 13.2 Å². The largest absolute Gasteiger partial charge is 0.491 e. The Hall–Kier alpha value is -2.99. The first kappa shape index (κ1) is 20.3. The van der Waals surface area contributed by atoms with E-state index in [1.807, 2.05) is 37.3 Å². The Kier molecular flexibility index (Phi) is 7.70. The Balaban J connectivity index is 1.93. The Labute approximate surface area is 163 Å². The fourth-order valence-corrected chi connectivity index (χ4v) is 2.61. The lowest BCUT2D eigenvalue weighted by atomic mass is 10.1. The van der Waals surface area contributed by atoms with Crippen LogP contribution >= 0.6 is 11.6 Å². The molecule has 0 saturated heterocycles. The summed E-state index contributed by atoms with van der Waals surface area (Å²) in [6, 6.07) is 12.6. The van der Waals surface area contributed by atoms with E-state index in [0.717, 1.165) is 5.56 Å². The zero-order chi connectivity index (χ0) is 19.6. The number of nitrogens with one attached hydrogen (secondary N) is 2. The first-order valence-electron chi connectivity index (χ1n) is 8.34. The summed E-state index contributed by atoms with van der Waals surface area (Å²) >= 11 is 6.17. The first-order chi connectivity index (χ1) is 13.0. The number of rotatable bonds is 7. The average molecular weight is 389 g/mol. The van der Waals surface area contributed by atoms with Crippen molar-refractivity contribution in [3.63, 3.8) is 0 Å². The van der Waals surface area contributed by atoms with Crippen molar-refractivity contribution in [2.24, 2.45) is 0 Å². The van der Waals surface area contributed by atoms with E-state index in [-0.39, 0.29) is 12.3 Å². The standard InChI is InChI=1S/C20H21ClN2O4/c1-3-27-17-12-15(11-16(21)20(17)26-2)9-10-18(24)22-23-19(25)13-14-7-5-4-6-8-14/h4-12H,3,13H2,1-2H3,(H,22,24)(H,23,25). The van der Waals surface area contributed by atoms with Crippen LogP contribution in [0.15, 0.2) is 48.5 Å². The molecule has 2 amide bonds. The molecule has 7 heteroatoms. The van der Waals surface area contributed by atoms with E-state index < -0.39 is 5.91 Å². The van der Waals surface area contributed by atoms with Gasteiger partial charge in [-0.15, -0.1) is 0 Å². The minimum Gasteiger partial charge on any atom is -0.491 e. The van der Waals surface area contributed by atoms with Gasteiger partial charge in [0.2, 0.25) is 5.91 Å². The predicted octanol–water partition coefficient (Wildman–Crippen LogP) is 3.15. The second-order valence-electron chi connectivity index (χ2n) is 5.50. The van der Waals surface area contributed by atoms with E-state index in [1.54, 1.807) is 18.2 Å². The van der Waals surface area contributed by atoms with Crippen LogP contribution in [0.4, 0.5) is 0 Å². The molecule has 0 fully saturated rings. The molecule has 0 radical (unpaired) electrons. The van der Waals surface area contributed by atoms with Gasteiger partial charge in [0.25, 0.3) is 5.91 Å². The quantitative estimate of drug-likeness (QED) is 0.564. The fraction of sp³-hybridized carbons (Fsp3) is 0.200. The van der Waals surface area contributed by atoms with E-state index in [0.29, 0.717) is 28.7 Å². The van der Waals surface area contributed by atoms with Crippen molar-refractivity contribution in [3.05, 3.63) is 64.7 Å². The molecule has 0 unspecified atom stereocenters. The zero-order valence-corrected chi connectivity index (χ0v) is 15.9. The summed E-state index contributed by atoms with van der Waals surface area (Å²) in [5.74, 6) is 0.146. The topological polar surface area (TPSA) is 76.7 Å². The number of carbonyl (C=O) groups is 2. The molecule has 0 saturated carbocycles. The summed E-state index contributed by atoms with van der Waals surface area (Å²) in [5.41, 5.74) is 6.22. The highest BCUT2D eigenvalue weighted by molar-refractivity contribution is 6.32. The number of hydrogen-bond acceptors (Lipinski definition) is 4. The lowest BCUT2D eigenvalue weighted by Gasteiger charge is -2.11. The Morgan fingerprint density at radius 1 is 1.15 bits per heavy atom. The Morgan fingerprint density at radius 2 is 1.89 bits per heavy atom. The van der Waals surface area contributed by atoms with Crippen molar-refractivity contribution in [1.82, 2.24) is 10.9 Å². The summed E-state index contributed by atoms with van der Waals surface area (Å²) in [6.45, 7) is 2.30. The van der Waals surface area contributed by atoms with E-state index in [4.69, 9.17) is 21.1 Å². The Morgan fingerprint density at radius 3 is 2.56 bits per heavy atom. The minimum atomic E-state index is -0.471. The van der Waals surface area contributed by atoms with Gasteiger partial charge in [-0.05, 0) is 36.3 Å². The molecular formula is C20H21ClN2O4. The zero-order valence-electron chi connectivity index (χ0n) is 15.1. The van der Waals surface area contributed by atoms with Crippen molar-refractivity contribution in [2.75, 3.05) is 13.7 Å². The Bertz CT molecular complexity index is 822. The van der Waals surface area contributed by atoms with Gasteiger partial charge < -0.3 is 9.47 Å². The van der Waals surface area contributed by atoms with Crippen LogP contribution in [-0.4, -0.2) is 25.5 Å². The number of amides is 2. The lowest BCUT2D eigenvalue weighted by Crippen LogP contribution is -2.41. The van der Waals surface area contributed by atoms with Gasteiger partial charge in [-0.3, -0.25) is 20.4 Å². The number of carbonyl (C=O) groups excluding carboxylic acids is 2. The molecule has 0 aliphatic rings. The highest BCUT2D eigenvalue weighted by atomic mass is 35.5. The second kappa shape index (κ2) is 10.2. The molecule has 142 valence electrons. The van der Waals surface area contributed by atoms with E-state index in [9.17, 15) is 9.59 Å². The molecule has 0 aromatic heterocycles. The molecule has 2 rings (SSSR count). The highest BCUT2D eigenvalue weighted by Crippen LogP contribution is 2.36. The third-order valence-corrected chi connectivity index (χ3v) is 3.78. The van der Waals surface area contributed by atoms with Crippen LogP contribution in [0.5, 0.6) is 11.5 Å². The average Bonchev–Trinajstić information content (AvgIpc) is 2.66. The summed E-state index contributed by atoms with van der Waals surface area (Å²) in [6.07, 6.45) is 3.03. The molecule has 0 aliphatic heterocycles. The fourth-order valence-electron chi connectivity index (χ4n) is 2.32. The van der Waals surface area contributed by atoms with Gasteiger partial charge in [-0.2, -0.15) is 0 Å². The molecule has 0 spiro atoms. The maximum Gasteiger partial charge on any atom is 0.262 e. The molecule has 27 heavy (non-hydrogen) atoms. The van der Waals surface area contributed by atoms with Crippen molar-refractivity contribution < 1.29 is 19.1 Å². The van der Waals surface area contributed by atoms with Crippen molar-refractivity contribution in [1.29, 1.82) is 0 Å². The van der Waals surface area contributed by atoms with Gasteiger partial charge in [0.05, 0.1) is 25.2 Å². The summed E-state index contributed by atoms with van der Waals surface area (Å²) in [4.78, 5) is 23.7. The lowest BCUT2D eigenvalue weighted by molar-refractivity contribution is -0.126. The van der Waals surface area contributed by atoms with Gasteiger partial charge in [-0.25, -0.2) is 0 Å². The third kappa shape index (κ3) is 6.34. The highest BCUT2D eigenvalue weighted by Gasteiger charge is 2.10. The predicted molar refractivity (Wildman–Crippen MR) is 105 cm³/mol. The summed E-state index contributed by atoms with van der Waals surface area (Å²) in [5, 5.41) is 0.375. The molecule has 0 aliphatic carbocycles. The van der Waals surface area contributed by atoms with Gasteiger partial charge in [0.15, 0.2) is 11.5 Å². The number of methoxy groups -OCH3 is 1. The van der Waals surface area contributed by atoms with Gasteiger partial charge in [-0.1, -0.05) is 41.9 Å². The van der Waals surface area contributed by atoms with E-state index in [2.05, 4.69) is 10.9 Å². The monoisotopic (exact) mass is 388 g/mol. The molecule has 2 aromatic rings. The first-order valence-corrected chi connectivity index (χ1v) is 8.72. The SMILES string of the molecule is CCOc1cc(C=CC(=O)NNC(=O)Cc2ccccc2)cc(Cl)c1OC. The normalized spacial score (nSPS) is 10.5. The second-order valence-corrected chi connectivity index (χ2v) is 5.91. The van der Waals surface area contributed by atoms with Crippen molar-refractivity contribution in [2.45, 2.75) is 13.3 Å². The van der Waals surface area contributed by atoms with Gasteiger partial charge >= 0.3 is 0 Å².